The van der Waals surface area contributed by atoms with Crippen LogP contribution in [-0.2, 0) is 0 Å². The number of hydrogen-bond acceptors (Lipinski definition) is 5. The lowest BCUT2D eigenvalue weighted by Gasteiger charge is -2.31. The number of aromatic carboxylic acids is 1. The van der Waals surface area contributed by atoms with E-state index in [2.05, 4.69) is 17.0 Å². The van der Waals surface area contributed by atoms with Gasteiger partial charge in [0.15, 0.2) is 0 Å². The first-order chi connectivity index (χ1) is 7.68. The van der Waals surface area contributed by atoms with E-state index in [-0.39, 0.29) is 5.56 Å². The molecule has 0 saturated carbocycles. The summed E-state index contributed by atoms with van der Waals surface area (Å²) in [5, 5.41) is 10.9. The van der Waals surface area contributed by atoms with E-state index in [1.165, 1.54) is 17.4 Å². The normalized spacial score (nSPS) is 17.4. The maximum absolute atomic E-state index is 10.9. The van der Waals surface area contributed by atoms with Crippen LogP contribution < -0.4 is 14.9 Å². The zero-order valence-electron chi connectivity index (χ0n) is 9.14. The molecule has 1 aromatic heterocycles. The molecule has 6 nitrogen and oxygen atoms in total. The summed E-state index contributed by atoms with van der Waals surface area (Å²) in [6, 6.07) is 0. The van der Waals surface area contributed by atoms with E-state index in [1.807, 2.05) is 4.90 Å². The van der Waals surface area contributed by atoms with Crippen molar-refractivity contribution in [3.63, 3.8) is 0 Å². The second kappa shape index (κ2) is 4.44. The Labute approximate surface area is 93.5 Å². The van der Waals surface area contributed by atoms with Crippen LogP contribution in [0.4, 0.5) is 5.82 Å². The van der Waals surface area contributed by atoms with E-state index >= 15 is 0 Å². The lowest BCUT2D eigenvalue weighted by Crippen LogP contribution is -3.12. The third kappa shape index (κ3) is 2.11. The molecule has 0 bridgehead atoms. The average Bonchev–Trinajstić information content (AvgIpc) is 2.30. The number of aromatic nitrogens is 2. The Morgan fingerprint density at radius 2 is 2.19 bits per heavy atom. The first-order valence-electron chi connectivity index (χ1n) is 5.26. The second-order valence-electron chi connectivity index (χ2n) is 3.99. The van der Waals surface area contributed by atoms with Crippen molar-refractivity contribution in [2.24, 2.45) is 0 Å². The van der Waals surface area contributed by atoms with Crippen LogP contribution in [0.5, 0.6) is 0 Å². The number of hydrogen-bond donors (Lipinski definition) is 1. The molecule has 6 heteroatoms. The molecule has 0 unspecified atom stereocenters. The van der Waals surface area contributed by atoms with Gasteiger partial charge in [0.2, 0.25) is 0 Å². The van der Waals surface area contributed by atoms with Crippen molar-refractivity contribution in [2.75, 3.05) is 38.1 Å². The van der Waals surface area contributed by atoms with Crippen LogP contribution in [0.2, 0.25) is 0 Å². The molecule has 0 atom stereocenters. The van der Waals surface area contributed by atoms with Crippen LogP contribution in [0.1, 0.15) is 10.4 Å². The van der Waals surface area contributed by atoms with Gasteiger partial charge in [-0.25, -0.2) is 9.97 Å². The Hall–Kier alpha value is -1.69. The molecule has 0 spiro atoms. The number of carbonyl (C=O) groups excluding carboxylic acids is 1. The third-order valence-corrected chi connectivity index (χ3v) is 2.83. The number of carboxylic acids is 1. The van der Waals surface area contributed by atoms with Crippen molar-refractivity contribution in [3.8, 4) is 0 Å². The van der Waals surface area contributed by atoms with Crippen LogP contribution in [0, 0.1) is 0 Å². The highest BCUT2D eigenvalue weighted by Gasteiger charge is 2.20. The number of quaternary nitrogens is 1. The van der Waals surface area contributed by atoms with Crippen LogP contribution in [0.25, 0.3) is 0 Å². The zero-order chi connectivity index (χ0) is 11.5. The van der Waals surface area contributed by atoms with Crippen LogP contribution in [0.15, 0.2) is 12.5 Å². The fraction of sp³-hybridized carbons (Fsp3) is 0.500. The average molecular weight is 222 g/mol. The van der Waals surface area contributed by atoms with Crippen molar-refractivity contribution in [3.05, 3.63) is 18.1 Å². The minimum atomic E-state index is -1.22. The maximum Gasteiger partial charge on any atom is 0.141 e. The molecule has 16 heavy (non-hydrogen) atoms. The highest BCUT2D eigenvalue weighted by molar-refractivity contribution is 5.91. The number of nitrogens with zero attached hydrogens (tertiary/aromatic N) is 3. The SMILES string of the molecule is C[NH+]1CCN(c2ncncc2C(=O)[O-])CC1. The molecular formula is C10H14N4O2. The van der Waals surface area contributed by atoms with E-state index in [9.17, 15) is 9.90 Å². The monoisotopic (exact) mass is 222 g/mol. The standard InChI is InChI=1S/C10H14N4O2/c1-13-2-4-14(5-3-13)9-8(10(15)16)6-11-7-12-9/h6-7H,2-5H2,1H3,(H,15,16). The number of carbonyl (C=O) groups is 1. The van der Waals surface area contributed by atoms with E-state index < -0.39 is 5.97 Å². The van der Waals surface area contributed by atoms with Gasteiger partial charge in [-0.15, -0.1) is 0 Å². The minimum Gasteiger partial charge on any atom is -0.545 e. The van der Waals surface area contributed by atoms with E-state index in [0.29, 0.717) is 5.82 Å². The summed E-state index contributed by atoms with van der Waals surface area (Å²) in [6.45, 7) is 3.58. The topological polar surface area (TPSA) is 73.6 Å². The van der Waals surface area contributed by atoms with Crippen molar-refractivity contribution in [1.29, 1.82) is 0 Å². The molecular weight excluding hydrogens is 208 g/mol. The van der Waals surface area contributed by atoms with Gasteiger partial charge in [-0.1, -0.05) is 0 Å². The predicted molar refractivity (Wildman–Crippen MR) is 55.2 cm³/mol. The Morgan fingerprint density at radius 1 is 1.50 bits per heavy atom. The first-order valence-corrected chi connectivity index (χ1v) is 5.26. The van der Waals surface area contributed by atoms with Crippen LogP contribution >= 0.6 is 0 Å². The number of carboxylic acid groups (broad SMARTS) is 1. The molecule has 86 valence electrons. The fourth-order valence-electron chi connectivity index (χ4n) is 1.82. The van der Waals surface area contributed by atoms with E-state index in [1.54, 1.807) is 0 Å². The predicted octanol–water partition coefficient (Wildman–Crippen LogP) is -2.83. The van der Waals surface area contributed by atoms with Gasteiger partial charge in [-0.2, -0.15) is 0 Å². The molecule has 0 amide bonds. The van der Waals surface area contributed by atoms with Crippen molar-refractivity contribution in [2.45, 2.75) is 0 Å². The number of nitrogens with one attached hydrogen (secondary N) is 1. The molecule has 0 aliphatic carbocycles. The van der Waals surface area contributed by atoms with Crippen LogP contribution in [0.3, 0.4) is 0 Å². The van der Waals surface area contributed by atoms with Gasteiger partial charge in [0, 0.05) is 6.20 Å². The highest BCUT2D eigenvalue weighted by Crippen LogP contribution is 2.14. The zero-order valence-corrected chi connectivity index (χ0v) is 9.14. The van der Waals surface area contributed by atoms with Crippen LogP contribution in [-0.4, -0.2) is 49.2 Å². The molecule has 0 radical (unpaired) electrons. The quantitative estimate of drug-likeness (QED) is 0.584. The molecule has 1 aliphatic rings. The number of anilines is 1. The fourth-order valence-corrected chi connectivity index (χ4v) is 1.82. The number of likely N-dealkylation sites (N-methyl/N-ethyl adjacent to an activating group) is 1. The summed E-state index contributed by atoms with van der Waals surface area (Å²) in [5.74, 6) is -0.746. The smallest absolute Gasteiger partial charge is 0.141 e. The number of rotatable bonds is 2. The van der Waals surface area contributed by atoms with Gasteiger partial charge < -0.3 is 19.7 Å². The summed E-state index contributed by atoms with van der Waals surface area (Å²) in [7, 11) is 2.12. The van der Waals surface area contributed by atoms with Crippen molar-refractivity contribution >= 4 is 11.8 Å². The molecule has 1 saturated heterocycles. The summed E-state index contributed by atoms with van der Waals surface area (Å²) >= 11 is 0. The Bertz CT molecular complexity index is 388. The Balaban J connectivity index is 2.23. The molecule has 0 aromatic carbocycles. The van der Waals surface area contributed by atoms with E-state index in [0.717, 1.165) is 26.2 Å². The number of piperazine rings is 1. The van der Waals surface area contributed by atoms with E-state index in [4.69, 9.17) is 0 Å². The Kier molecular flexibility index (Phi) is 3.00. The molecule has 1 fully saturated rings. The Morgan fingerprint density at radius 3 is 2.81 bits per heavy atom. The van der Waals surface area contributed by atoms with Crippen molar-refractivity contribution in [1.82, 2.24) is 9.97 Å². The minimum absolute atomic E-state index is 0.0713. The summed E-state index contributed by atoms with van der Waals surface area (Å²) < 4.78 is 0. The second-order valence-corrected chi connectivity index (χ2v) is 3.99. The summed E-state index contributed by atoms with van der Waals surface area (Å²) in [4.78, 5) is 22.1. The highest BCUT2D eigenvalue weighted by atomic mass is 16.4. The molecule has 1 N–H and O–H groups in total. The lowest BCUT2D eigenvalue weighted by atomic mass is 10.2. The van der Waals surface area contributed by atoms with Gasteiger partial charge in [0.05, 0.1) is 44.8 Å². The van der Waals surface area contributed by atoms with Gasteiger partial charge in [0.1, 0.15) is 12.1 Å². The maximum atomic E-state index is 10.9. The van der Waals surface area contributed by atoms with Gasteiger partial charge >= 0.3 is 0 Å². The molecule has 2 heterocycles. The largest absolute Gasteiger partial charge is 0.545 e. The molecule has 1 aromatic rings. The summed E-state index contributed by atoms with van der Waals surface area (Å²) in [6.07, 6.45) is 2.66. The van der Waals surface area contributed by atoms with Gasteiger partial charge in [0.25, 0.3) is 0 Å². The molecule has 1 aliphatic heterocycles. The lowest BCUT2D eigenvalue weighted by molar-refractivity contribution is -0.880. The van der Waals surface area contributed by atoms with Crippen molar-refractivity contribution < 1.29 is 14.8 Å². The van der Waals surface area contributed by atoms with Gasteiger partial charge in [-0.3, -0.25) is 0 Å². The first kappa shape index (κ1) is 10.8. The summed E-state index contributed by atoms with van der Waals surface area (Å²) in [5.41, 5.74) is 0.0713. The third-order valence-electron chi connectivity index (χ3n) is 2.83. The molecule has 2 rings (SSSR count). The van der Waals surface area contributed by atoms with Gasteiger partial charge in [-0.05, 0) is 0 Å².